The molecule has 32 heavy (non-hydrogen) atoms. The van der Waals surface area contributed by atoms with Gasteiger partial charge in [-0.15, -0.1) is 21.5 Å². The third-order valence-corrected chi connectivity index (χ3v) is 6.81. The summed E-state index contributed by atoms with van der Waals surface area (Å²) < 4.78 is 38.3. The summed E-state index contributed by atoms with van der Waals surface area (Å²) in [5.74, 6) is -0.353. The van der Waals surface area contributed by atoms with Crippen LogP contribution in [0.4, 0.5) is 0 Å². The Morgan fingerprint density at radius 1 is 1.09 bits per heavy atom. The molecule has 0 spiro atoms. The maximum absolute atomic E-state index is 12.5. The molecule has 0 saturated heterocycles. The molecule has 4 rings (SSSR count). The van der Waals surface area contributed by atoms with Crippen LogP contribution in [0.25, 0.3) is 11.5 Å². The van der Waals surface area contributed by atoms with Gasteiger partial charge in [0.25, 0.3) is 5.89 Å². The summed E-state index contributed by atoms with van der Waals surface area (Å²) >= 11 is 7.31. The minimum atomic E-state index is -3.79. The highest BCUT2D eigenvalue weighted by molar-refractivity contribution is 7.89. The van der Waals surface area contributed by atoms with Gasteiger partial charge in [0.15, 0.2) is 6.61 Å². The summed E-state index contributed by atoms with van der Waals surface area (Å²) in [4.78, 5) is 13.3. The van der Waals surface area contributed by atoms with E-state index >= 15 is 0 Å². The minimum Gasteiger partial charge on any atom is -0.452 e. The number of thiophene rings is 1. The number of nitrogens with zero attached hydrogens (tertiary/aromatic N) is 2. The zero-order valence-electron chi connectivity index (χ0n) is 16.4. The first-order chi connectivity index (χ1) is 15.4. The van der Waals surface area contributed by atoms with Crippen molar-refractivity contribution in [2.24, 2.45) is 0 Å². The molecular formula is C21H16ClN3O5S2. The molecule has 0 unspecified atom stereocenters. The first-order valence-corrected chi connectivity index (χ1v) is 12.0. The molecule has 2 aromatic carbocycles. The van der Waals surface area contributed by atoms with Gasteiger partial charge in [-0.2, -0.15) is 0 Å². The number of aromatic nitrogens is 2. The molecule has 164 valence electrons. The Morgan fingerprint density at radius 3 is 2.66 bits per heavy atom. The number of halogens is 1. The fourth-order valence-electron chi connectivity index (χ4n) is 2.68. The van der Waals surface area contributed by atoms with Gasteiger partial charge < -0.3 is 9.15 Å². The zero-order valence-corrected chi connectivity index (χ0v) is 18.8. The lowest BCUT2D eigenvalue weighted by atomic mass is 10.2. The number of rotatable bonds is 8. The molecule has 2 aromatic heterocycles. The van der Waals surface area contributed by atoms with Gasteiger partial charge >= 0.3 is 5.97 Å². The average molecular weight is 490 g/mol. The molecule has 0 saturated carbocycles. The monoisotopic (exact) mass is 489 g/mol. The first kappa shape index (κ1) is 22.2. The summed E-state index contributed by atoms with van der Waals surface area (Å²) in [7, 11) is -3.79. The number of carbonyl (C=O) groups excluding carboxylic acids is 1. The van der Waals surface area contributed by atoms with E-state index in [2.05, 4.69) is 14.9 Å². The number of carbonyl (C=O) groups is 1. The van der Waals surface area contributed by atoms with Gasteiger partial charge in [0, 0.05) is 22.0 Å². The second-order valence-corrected chi connectivity index (χ2v) is 9.75. The largest absolute Gasteiger partial charge is 0.452 e. The van der Waals surface area contributed by atoms with Crippen molar-refractivity contribution in [2.45, 2.75) is 18.0 Å². The van der Waals surface area contributed by atoms with Crippen LogP contribution >= 0.6 is 22.9 Å². The Hall–Kier alpha value is -3.05. The van der Waals surface area contributed by atoms with Gasteiger partial charge in [-0.1, -0.05) is 23.7 Å². The van der Waals surface area contributed by atoms with Gasteiger partial charge in [-0.05, 0) is 53.9 Å². The number of benzene rings is 2. The standard InChI is InChI=1S/C21H16ClN3O5S2/c22-16-8-6-14(7-9-16)20-25-24-19(30-20)13-29-21(26)15-3-1-5-18(11-15)32(27,28)23-12-17-4-2-10-31-17/h1-11,23H,12-13H2. The number of hydrogen-bond acceptors (Lipinski definition) is 8. The van der Waals surface area contributed by atoms with Crippen LogP contribution in [0.3, 0.4) is 0 Å². The van der Waals surface area contributed by atoms with Crippen LogP contribution in [-0.4, -0.2) is 24.6 Å². The molecule has 4 aromatic rings. The normalized spacial score (nSPS) is 11.4. The van der Waals surface area contributed by atoms with Crippen molar-refractivity contribution in [3.05, 3.63) is 87.4 Å². The van der Waals surface area contributed by atoms with Crippen LogP contribution in [0, 0.1) is 0 Å². The van der Waals surface area contributed by atoms with E-state index in [0.29, 0.717) is 10.6 Å². The number of ether oxygens (including phenoxy) is 1. The highest BCUT2D eigenvalue weighted by Gasteiger charge is 2.18. The van der Waals surface area contributed by atoms with Crippen LogP contribution in [-0.2, 0) is 27.9 Å². The van der Waals surface area contributed by atoms with E-state index in [4.69, 9.17) is 20.8 Å². The molecule has 11 heteroatoms. The second kappa shape index (κ2) is 9.61. The molecule has 0 aliphatic heterocycles. The maximum Gasteiger partial charge on any atom is 0.338 e. The Bertz CT molecular complexity index is 1320. The van der Waals surface area contributed by atoms with Crippen molar-refractivity contribution >= 4 is 38.9 Å². The number of nitrogens with one attached hydrogen (secondary N) is 1. The lowest BCUT2D eigenvalue weighted by Crippen LogP contribution is -2.23. The van der Waals surface area contributed by atoms with E-state index in [1.807, 2.05) is 17.5 Å². The molecule has 0 aliphatic rings. The predicted molar refractivity (Wildman–Crippen MR) is 119 cm³/mol. The fourth-order valence-corrected chi connectivity index (χ4v) is 4.60. The molecule has 0 aliphatic carbocycles. The Labute approximate surface area is 192 Å². The summed E-state index contributed by atoms with van der Waals surface area (Å²) in [6, 6.07) is 16.1. The van der Waals surface area contributed by atoms with E-state index in [9.17, 15) is 13.2 Å². The molecule has 0 bridgehead atoms. The fraction of sp³-hybridized carbons (Fsp3) is 0.0952. The van der Waals surface area contributed by atoms with Crippen LogP contribution in [0.1, 0.15) is 21.1 Å². The lowest BCUT2D eigenvalue weighted by molar-refractivity contribution is 0.0438. The highest BCUT2D eigenvalue weighted by atomic mass is 35.5. The molecule has 1 N–H and O–H groups in total. The topological polar surface area (TPSA) is 111 Å². The summed E-state index contributed by atoms with van der Waals surface area (Å²) in [5, 5.41) is 10.2. The minimum absolute atomic E-state index is 0.0358. The quantitative estimate of drug-likeness (QED) is 0.367. The van der Waals surface area contributed by atoms with E-state index < -0.39 is 16.0 Å². The number of sulfonamides is 1. The first-order valence-electron chi connectivity index (χ1n) is 9.28. The van der Waals surface area contributed by atoms with Crippen molar-refractivity contribution < 1.29 is 22.4 Å². The Balaban J connectivity index is 1.39. The van der Waals surface area contributed by atoms with Crippen LogP contribution in [0.5, 0.6) is 0 Å². The third-order valence-electron chi connectivity index (χ3n) is 4.28. The smallest absolute Gasteiger partial charge is 0.338 e. The molecule has 2 heterocycles. The molecule has 0 fully saturated rings. The van der Waals surface area contributed by atoms with Crippen molar-refractivity contribution in [1.82, 2.24) is 14.9 Å². The van der Waals surface area contributed by atoms with Gasteiger partial charge in [-0.3, -0.25) is 0 Å². The summed E-state index contributed by atoms with van der Waals surface area (Å²) in [5.41, 5.74) is 0.758. The second-order valence-electron chi connectivity index (χ2n) is 6.52. The lowest BCUT2D eigenvalue weighted by Gasteiger charge is -2.07. The molecule has 8 nitrogen and oxygen atoms in total. The third kappa shape index (κ3) is 5.40. The SMILES string of the molecule is O=C(OCc1nnc(-c2ccc(Cl)cc2)o1)c1cccc(S(=O)(=O)NCc2cccs2)c1. The Kier molecular flexibility index (Phi) is 6.66. The van der Waals surface area contributed by atoms with E-state index in [0.717, 1.165) is 4.88 Å². The van der Waals surface area contributed by atoms with Gasteiger partial charge in [0.05, 0.1) is 10.5 Å². The average Bonchev–Trinajstić information content (AvgIpc) is 3.49. The van der Waals surface area contributed by atoms with Crippen molar-refractivity contribution in [1.29, 1.82) is 0 Å². The van der Waals surface area contributed by atoms with Gasteiger partial charge in [0.2, 0.25) is 15.9 Å². The number of esters is 1. The molecule has 0 amide bonds. The zero-order chi connectivity index (χ0) is 22.6. The summed E-state index contributed by atoms with van der Waals surface area (Å²) in [6.45, 7) is -0.0885. The highest BCUT2D eigenvalue weighted by Crippen LogP contribution is 2.21. The van der Waals surface area contributed by atoms with Crippen molar-refractivity contribution in [3.8, 4) is 11.5 Å². The van der Waals surface area contributed by atoms with E-state index in [1.54, 1.807) is 24.3 Å². The van der Waals surface area contributed by atoms with Crippen molar-refractivity contribution in [2.75, 3.05) is 0 Å². The Morgan fingerprint density at radius 2 is 1.91 bits per heavy atom. The van der Waals surface area contributed by atoms with Gasteiger partial charge in [-0.25, -0.2) is 17.9 Å². The predicted octanol–water partition coefficient (Wildman–Crippen LogP) is 4.29. The molecular weight excluding hydrogens is 474 g/mol. The molecule has 0 radical (unpaired) electrons. The van der Waals surface area contributed by atoms with E-state index in [-0.39, 0.29) is 35.4 Å². The van der Waals surface area contributed by atoms with Crippen molar-refractivity contribution in [3.63, 3.8) is 0 Å². The van der Waals surface area contributed by atoms with Gasteiger partial charge in [0.1, 0.15) is 0 Å². The molecule has 0 atom stereocenters. The van der Waals surface area contributed by atoms with Crippen LogP contribution in [0.15, 0.2) is 75.4 Å². The van der Waals surface area contributed by atoms with E-state index in [1.165, 1.54) is 35.6 Å². The van der Waals surface area contributed by atoms with Crippen LogP contribution < -0.4 is 4.72 Å². The summed E-state index contributed by atoms with van der Waals surface area (Å²) in [6.07, 6.45) is 0. The maximum atomic E-state index is 12.5. The van der Waals surface area contributed by atoms with Crippen LogP contribution in [0.2, 0.25) is 5.02 Å². The number of hydrogen-bond donors (Lipinski definition) is 1.